The number of carbonyl (C=O) groups is 3. The van der Waals surface area contributed by atoms with Crippen LogP contribution in [0.4, 0.5) is 4.79 Å². The van der Waals surface area contributed by atoms with Crippen LogP contribution in [0.15, 0.2) is 54.6 Å². The van der Waals surface area contributed by atoms with Crippen LogP contribution in [0, 0.1) is 0 Å². The molecule has 2 aromatic carbocycles. The molecule has 1 aliphatic heterocycles. The van der Waals surface area contributed by atoms with Gasteiger partial charge in [-0.15, -0.1) is 0 Å². The first-order valence-corrected chi connectivity index (χ1v) is 9.17. The van der Waals surface area contributed by atoms with Gasteiger partial charge in [0.05, 0.1) is 25.6 Å². The minimum absolute atomic E-state index is 0.0760. The maximum atomic E-state index is 12.5. The smallest absolute Gasteiger partial charge is 0.325 e. The van der Waals surface area contributed by atoms with Crippen molar-refractivity contribution in [2.45, 2.75) is 25.0 Å². The molecule has 1 fully saturated rings. The molecule has 3 rings (SSSR count). The van der Waals surface area contributed by atoms with Gasteiger partial charge in [0.1, 0.15) is 6.04 Å². The van der Waals surface area contributed by atoms with Gasteiger partial charge in [-0.05, 0) is 23.3 Å². The third kappa shape index (κ3) is 4.68. The van der Waals surface area contributed by atoms with Crippen LogP contribution < -0.4 is 10.6 Å². The molecule has 146 valence electrons. The predicted molar refractivity (Wildman–Crippen MR) is 103 cm³/mol. The standard InChI is InChI=1S/C20H20ClN3O4/c21-15-8-4-5-13(9-15)11-24-19(27)16(23-20(24)28)10-18(26)22-17(12-25)14-6-2-1-3-7-14/h1-9,16-17,25H,10-12H2,(H,22,26)(H,23,28)/t16-,17+/m1/s1. The molecule has 1 heterocycles. The fourth-order valence-electron chi connectivity index (χ4n) is 3.04. The highest BCUT2D eigenvalue weighted by molar-refractivity contribution is 6.30. The third-order valence-electron chi connectivity index (χ3n) is 4.45. The number of rotatable bonds is 7. The molecule has 1 aliphatic rings. The summed E-state index contributed by atoms with van der Waals surface area (Å²) in [5.74, 6) is -0.911. The Morgan fingerprint density at radius 3 is 2.61 bits per heavy atom. The molecule has 4 amide bonds. The van der Waals surface area contributed by atoms with Gasteiger partial charge >= 0.3 is 6.03 Å². The first kappa shape index (κ1) is 19.9. The van der Waals surface area contributed by atoms with E-state index < -0.39 is 29.9 Å². The fourth-order valence-corrected chi connectivity index (χ4v) is 3.25. The van der Waals surface area contributed by atoms with Crippen molar-refractivity contribution >= 4 is 29.4 Å². The molecule has 0 saturated carbocycles. The van der Waals surface area contributed by atoms with E-state index in [-0.39, 0.29) is 19.6 Å². The molecule has 0 bridgehead atoms. The van der Waals surface area contributed by atoms with Gasteiger partial charge in [0.25, 0.3) is 5.91 Å². The zero-order valence-corrected chi connectivity index (χ0v) is 15.7. The number of aliphatic hydroxyl groups is 1. The largest absolute Gasteiger partial charge is 0.394 e. The van der Waals surface area contributed by atoms with E-state index in [0.717, 1.165) is 10.5 Å². The van der Waals surface area contributed by atoms with Crippen LogP contribution in [-0.2, 0) is 16.1 Å². The molecule has 3 N–H and O–H groups in total. The molecule has 2 aromatic rings. The number of carbonyl (C=O) groups excluding carboxylic acids is 3. The highest BCUT2D eigenvalue weighted by Gasteiger charge is 2.39. The normalized spacial score (nSPS) is 17.4. The van der Waals surface area contributed by atoms with Crippen LogP contribution in [0.1, 0.15) is 23.6 Å². The van der Waals surface area contributed by atoms with E-state index >= 15 is 0 Å². The van der Waals surface area contributed by atoms with Gasteiger partial charge in [0.2, 0.25) is 5.91 Å². The Balaban J connectivity index is 1.60. The van der Waals surface area contributed by atoms with Gasteiger partial charge in [0.15, 0.2) is 0 Å². The van der Waals surface area contributed by atoms with Crippen LogP contribution in [0.3, 0.4) is 0 Å². The Kier molecular flexibility index (Phi) is 6.28. The Morgan fingerprint density at radius 1 is 1.18 bits per heavy atom. The van der Waals surface area contributed by atoms with E-state index in [1.807, 2.05) is 6.07 Å². The summed E-state index contributed by atoms with van der Waals surface area (Å²) < 4.78 is 0. The van der Waals surface area contributed by atoms with E-state index in [9.17, 15) is 19.5 Å². The van der Waals surface area contributed by atoms with E-state index in [1.54, 1.807) is 48.5 Å². The molecule has 1 saturated heterocycles. The van der Waals surface area contributed by atoms with Gasteiger partial charge in [-0.25, -0.2) is 4.79 Å². The lowest BCUT2D eigenvalue weighted by Crippen LogP contribution is -2.38. The number of aliphatic hydroxyl groups excluding tert-OH is 1. The van der Waals surface area contributed by atoms with Crippen molar-refractivity contribution < 1.29 is 19.5 Å². The lowest BCUT2D eigenvalue weighted by atomic mass is 10.1. The average Bonchev–Trinajstić information content (AvgIpc) is 2.94. The van der Waals surface area contributed by atoms with Crippen molar-refractivity contribution in [1.82, 2.24) is 15.5 Å². The second kappa shape index (κ2) is 8.86. The summed E-state index contributed by atoms with van der Waals surface area (Å²) in [6.07, 6.45) is -0.208. The summed E-state index contributed by atoms with van der Waals surface area (Å²) in [5, 5.41) is 15.3. The summed E-state index contributed by atoms with van der Waals surface area (Å²) in [5.41, 5.74) is 1.47. The maximum absolute atomic E-state index is 12.5. The first-order chi connectivity index (χ1) is 13.5. The van der Waals surface area contributed by atoms with Gasteiger partial charge in [0, 0.05) is 5.02 Å². The molecular weight excluding hydrogens is 382 g/mol. The number of urea groups is 1. The number of imide groups is 1. The number of amides is 4. The minimum Gasteiger partial charge on any atom is -0.394 e. The van der Waals surface area contributed by atoms with Crippen molar-refractivity contribution in [2.75, 3.05) is 6.61 Å². The van der Waals surface area contributed by atoms with Crippen molar-refractivity contribution in [3.8, 4) is 0 Å². The molecule has 2 atom stereocenters. The SMILES string of the molecule is O=C(C[C@H]1NC(=O)N(Cc2cccc(Cl)c2)C1=O)N[C@@H](CO)c1ccccc1. The number of benzene rings is 2. The molecule has 8 heteroatoms. The summed E-state index contributed by atoms with van der Waals surface area (Å²) in [7, 11) is 0. The van der Waals surface area contributed by atoms with Gasteiger partial charge in [-0.1, -0.05) is 54.1 Å². The van der Waals surface area contributed by atoms with Crippen LogP contribution in [0.2, 0.25) is 5.02 Å². The number of nitrogens with one attached hydrogen (secondary N) is 2. The predicted octanol–water partition coefficient (Wildman–Crippen LogP) is 2.00. The molecule has 7 nitrogen and oxygen atoms in total. The zero-order valence-electron chi connectivity index (χ0n) is 15.0. The van der Waals surface area contributed by atoms with Crippen molar-refractivity contribution in [1.29, 1.82) is 0 Å². The molecule has 28 heavy (non-hydrogen) atoms. The highest BCUT2D eigenvalue weighted by Crippen LogP contribution is 2.18. The van der Waals surface area contributed by atoms with E-state index in [0.29, 0.717) is 10.6 Å². The lowest BCUT2D eigenvalue weighted by molar-refractivity contribution is -0.131. The van der Waals surface area contributed by atoms with E-state index in [1.165, 1.54) is 0 Å². The minimum atomic E-state index is -0.943. The molecular formula is C20H20ClN3O4. The highest BCUT2D eigenvalue weighted by atomic mass is 35.5. The Bertz CT molecular complexity index is 875. The molecule has 0 spiro atoms. The van der Waals surface area contributed by atoms with E-state index in [2.05, 4.69) is 10.6 Å². The lowest BCUT2D eigenvalue weighted by Gasteiger charge is -2.18. The van der Waals surface area contributed by atoms with Crippen LogP contribution in [0.25, 0.3) is 0 Å². The summed E-state index contributed by atoms with van der Waals surface area (Å²) in [6, 6.07) is 13.8. The summed E-state index contributed by atoms with van der Waals surface area (Å²) >= 11 is 5.94. The van der Waals surface area contributed by atoms with Crippen molar-refractivity contribution in [2.24, 2.45) is 0 Å². The van der Waals surface area contributed by atoms with Crippen LogP contribution in [-0.4, -0.2) is 40.5 Å². The Hall–Kier alpha value is -2.90. The average molecular weight is 402 g/mol. The molecule has 0 aliphatic carbocycles. The number of hydrogen-bond donors (Lipinski definition) is 3. The van der Waals surface area contributed by atoms with Crippen molar-refractivity contribution in [3.05, 3.63) is 70.7 Å². The molecule has 0 unspecified atom stereocenters. The van der Waals surface area contributed by atoms with Crippen LogP contribution in [0.5, 0.6) is 0 Å². The van der Waals surface area contributed by atoms with E-state index in [4.69, 9.17) is 11.6 Å². The Labute approximate surface area is 167 Å². The number of nitrogens with zero attached hydrogens (tertiary/aromatic N) is 1. The van der Waals surface area contributed by atoms with Crippen LogP contribution >= 0.6 is 11.6 Å². The summed E-state index contributed by atoms with van der Waals surface area (Å²) in [6.45, 7) is -0.200. The van der Waals surface area contributed by atoms with Gasteiger partial charge in [-0.3, -0.25) is 14.5 Å². The number of halogens is 1. The summed E-state index contributed by atoms with van der Waals surface area (Å²) in [4.78, 5) is 38.1. The molecule has 0 aromatic heterocycles. The number of hydrogen-bond acceptors (Lipinski definition) is 4. The van der Waals surface area contributed by atoms with Gasteiger partial charge < -0.3 is 15.7 Å². The second-order valence-corrected chi connectivity index (χ2v) is 6.91. The quantitative estimate of drug-likeness (QED) is 0.618. The molecule has 0 radical (unpaired) electrons. The fraction of sp³-hybridized carbons (Fsp3) is 0.250. The second-order valence-electron chi connectivity index (χ2n) is 6.47. The maximum Gasteiger partial charge on any atom is 0.325 e. The Morgan fingerprint density at radius 2 is 1.93 bits per heavy atom. The van der Waals surface area contributed by atoms with Crippen molar-refractivity contribution in [3.63, 3.8) is 0 Å². The first-order valence-electron chi connectivity index (χ1n) is 8.79. The topological polar surface area (TPSA) is 98.7 Å². The monoisotopic (exact) mass is 401 g/mol. The zero-order chi connectivity index (χ0) is 20.1. The third-order valence-corrected chi connectivity index (χ3v) is 4.68. The van der Waals surface area contributed by atoms with Gasteiger partial charge in [-0.2, -0.15) is 0 Å².